The van der Waals surface area contributed by atoms with Crippen LogP contribution in [-0.2, 0) is 10.5 Å². The number of aryl methyl sites for hydroxylation is 1. The monoisotopic (exact) mass is 271 g/mol. The van der Waals surface area contributed by atoms with Gasteiger partial charge in [-0.15, -0.1) is 11.8 Å². The van der Waals surface area contributed by atoms with Crippen LogP contribution in [0.15, 0.2) is 10.5 Å². The van der Waals surface area contributed by atoms with Gasteiger partial charge in [0.1, 0.15) is 5.76 Å². The topological polar surface area (TPSA) is 88.6 Å². The summed E-state index contributed by atoms with van der Waals surface area (Å²) < 4.78 is 5.37. The van der Waals surface area contributed by atoms with Gasteiger partial charge in [0, 0.05) is 19.7 Å². The summed E-state index contributed by atoms with van der Waals surface area (Å²) in [7, 11) is 3.42. The molecule has 6 nitrogen and oxygen atoms in total. The number of rotatable bonds is 5. The van der Waals surface area contributed by atoms with E-state index in [-0.39, 0.29) is 11.7 Å². The maximum Gasteiger partial charge on any atom is 0.301 e. The molecule has 1 heterocycles. The maximum absolute atomic E-state index is 11.4. The van der Waals surface area contributed by atoms with Gasteiger partial charge in [-0.1, -0.05) is 0 Å². The van der Waals surface area contributed by atoms with Gasteiger partial charge in [-0.3, -0.25) is 15.0 Å². The average molecular weight is 271 g/mol. The molecule has 0 bridgehead atoms. The van der Waals surface area contributed by atoms with E-state index >= 15 is 0 Å². The Hall–Kier alpha value is -1.47. The molecule has 0 unspecified atom stereocenters. The van der Waals surface area contributed by atoms with Gasteiger partial charge in [-0.05, 0) is 13.0 Å². The lowest BCUT2D eigenvalue weighted by Crippen LogP contribution is -2.30. The molecule has 0 fully saturated rings. The first-order valence-electron chi connectivity index (χ1n) is 5.34. The Morgan fingerprint density at radius 3 is 2.72 bits per heavy atom. The van der Waals surface area contributed by atoms with E-state index in [1.165, 1.54) is 16.7 Å². The van der Waals surface area contributed by atoms with Crippen molar-refractivity contribution in [1.82, 2.24) is 10.3 Å². The number of hydrazine groups is 1. The van der Waals surface area contributed by atoms with Gasteiger partial charge in [-0.25, -0.2) is 5.84 Å². The zero-order valence-corrected chi connectivity index (χ0v) is 11.5. The summed E-state index contributed by atoms with van der Waals surface area (Å²) in [6, 6.07) is 1.78. The predicted molar refractivity (Wildman–Crippen MR) is 70.0 cm³/mol. The molecule has 7 heteroatoms. The van der Waals surface area contributed by atoms with Crippen LogP contribution in [0.5, 0.6) is 0 Å². The molecule has 18 heavy (non-hydrogen) atoms. The summed E-state index contributed by atoms with van der Waals surface area (Å²) >= 11 is 1.44. The van der Waals surface area contributed by atoms with Gasteiger partial charge < -0.3 is 9.32 Å². The van der Waals surface area contributed by atoms with Crippen molar-refractivity contribution in [3.05, 3.63) is 23.2 Å². The van der Waals surface area contributed by atoms with E-state index in [0.717, 1.165) is 5.56 Å². The van der Waals surface area contributed by atoms with Crippen molar-refractivity contribution in [3.8, 4) is 0 Å². The Labute approximate surface area is 110 Å². The van der Waals surface area contributed by atoms with Crippen molar-refractivity contribution in [2.24, 2.45) is 5.84 Å². The SMILES string of the molecule is Cc1cc(CSCC(=O)N(C)C)oc1C(=O)NN. The number of carbonyl (C=O) groups excluding carboxylic acids is 2. The van der Waals surface area contributed by atoms with E-state index in [9.17, 15) is 9.59 Å². The molecule has 0 saturated carbocycles. The number of nitrogens with one attached hydrogen (secondary N) is 1. The molecule has 100 valence electrons. The molecule has 1 rings (SSSR count). The second-order valence-electron chi connectivity index (χ2n) is 3.98. The Bertz CT molecular complexity index is 443. The van der Waals surface area contributed by atoms with E-state index in [2.05, 4.69) is 0 Å². The van der Waals surface area contributed by atoms with Crippen LogP contribution in [0, 0.1) is 6.92 Å². The van der Waals surface area contributed by atoms with Crippen LogP contribution in [0.2, 0.25) is 0 Å². The Morgan fingerprint density at radius 1 is 1.50 bits per heavy atom. The van der Waals surface area contributed by atoms with Gasteiger partial charge in [0.25, 0.3) is 0 Å². The number of nitrogens with two attached hydrogens (primary N) is 1. The summed E-state index contributed by atoms with van der Waals surface area (Å²) in [5.74, 6) is 6.42. The van der Waals surface area contributed by atoms with Crippen LogP contribution in [-0.4, -0.2) is 36.6 Å². The fourth-order valence-electron chi connectivity index (χ4n) is 1.28. The van der Waals surface area contributed by atoms with Crippen molar-refractivity contribution < 1.29 is 14.0 Å². The summed E-state index contributed by atoms with van der Waals surface area (Å²) in [5.41, 5.74) is 2.75. The van der Waals surface area contributed by atoms with Crippen molar-refractivity contribution in [2.45, 2.75) is 12.7 Å². The van der Waals surface area contributed by atoms with Crippen molar-refractivity contribution in [1.29, 1.82) is 0 Å². The van der Waals surface area contributed by atoms with Crippen molar-refractivity contribution >= 4 is 23.6 Å². The first-order chi connectivity index (χ1) is 8.45. The quantitative estimate of drug-likeness (QED) is 0.463. The number of carbonyl (C=O) groups is 2. The standard InChI is InChI=1S/C11H17N3O3S/c1-7-4-8(17-10(7)11(16)13-12)5-18-6-9(15)14(2)3/h4H,5-6,12H2,1-3H3,(H,13,16). The van der Waals surface area contributed by atoms with Crippen LogP contribution in [0.3, 0.4) is 0 Å². The Balaban J connectivity index is 2.54. The minimum absolute atomic E-state index is 0.0446. The molecule has 3 N–H and O–H groups in total. The highest BCUT2D eigenvalue weighted by Gasteiger charge is 2.14. The normalized spacial score (nSPS) is 10.2. The number of thioether (sulfide) groups is 1. The van der Waals surface area contributed by atoms with E-state index in [1.54, 1.807) is 27.1 Å². The van der Waals surface area contributed by atoms with E-state index < -0.39 is 5.91 Å². The fraction of sp³-hybridized carbons (Fsp3) is 0.455. The van der Waals surface area contributed by atoms with E-state index in [0.29, 0.717) is 17.3 Å². The molecule has 0 spiro atoms. The zero-order chi connectivity index (χ0) is 13.7. The summed E-state index contributed by atoms with van der Waals surface area (Å²) in [6.45, 7) is 1.77. The van der Waals surface area contributed by atoms with Crippen LogP contribution in [0.1, 0.15) is 21.9 Å². The number of hydrogen-bond donors (Lipinski definition) is 2. The van der Waals surface area contributed by atoms with Crippen LogP contribution in [0.25, 0.3) is 0 Å². The molecule has 0 radical (unpaired) electrons. The third-order valence-corrected chi connectivity index (χ3v) is 3.21. The Morgan fingerprint density at radius 2 is 2.17 bits per heavy atom. The molecule has 0 atom stereocenters. The maximum atomic E-state index is 11.4. The largest absolute Gasteiger partial charge is 0.455 e. The molecule has 1 aromatic rings. The van der Waals surface area contributed by atoms with E-state index in [1.807, 2.05) is 5.43 Å². The lowest BCUT2D eigenvalue weighted by molar-refractivity contribution is -0.125. The highest BCUT2D eigenvalue weighted by Crippen LogP contribution is 2.19. The molecule has 0 aliphatic heterocycles. The molecule has 0 aliphatic rings. The number of hydrogen-bond acceptors (Lipinski definition) is 5. The highest BCUT2D eigenvalue weighted by atomic mass is 32.2. The zero-order valence-electron chi connectivity index (χ0n) is 10.6. The second kappa shape index (κ2) is 6.46. The number of nitrogens with zero attached hydrogens (tertiary/aromatic N) is 1. The molecule has 0 aromatic carbocycles. The average Bonchev–Trinajstić information content (AvgIpc) is 2.69. The van der Waals surface area contributed by atoms with Gasteiger partial charge in [0.05, 0.1) is 11.5 Å². The predicted octanol–water partition coefficient (Wildman–Crippen LogP) is 0.513. The Kier molecular flexibility index (Phi) is 5.24. The minimum atomic E-state index is -0.451. The van der Waals surface area contributed by atoms with Crippen LogP contribution < -0.4 is 11.3 Å². The number of amides is 2. The van der Waals surface area contributed by atoms with Crippen LogP contribution >= 0.6 is 11.8 Å². The summed E-state index contributed by atoms with van der Waals surface area (Å²) in [6.07, 6.45) is 0. The van der Waals surface area contributed by atoms with Gasteiger partial charge in [-0.2, -0.15) is 0 Å². The first kappa shape index (κ1) is 14.6. The lowest BCUT2D eigenvalue weighted by Gasteiger charge is -2.08. The number of furan rings is 1. The van der Waals surface area contributed by atoms with Gasteiger partial charge in [0.2, 0.25) is 5.91 Å². The first-order valence-corrected chi connectivity index (χ1v) is 6.49. The molecule has 0 saturated heterocycles. The third kappa shape index (κ3) is 3.78. The van der Waals surface area contributed by atoms with Crippen molar-refractivity contribution in [3.63, 3.8) is 0 Å². The summed E-state index contributed by atoms with van der Waals surface area (Å²) in [4.78, 5) is 24.2. The number of nitrogen functional groups attached to an aromatic ring is 1. The van der Waals surface area contributed by atoms with Crippen LogP contribution in [0.4, 0.5) is 0 Å². The fourth-order valence-corrected chi connectivity index (χ4v) is 2.16. The highest BCUT2D eigenvalue weighted by molar-refractivity contribution is 7.99. The van der Waals surface area contributed by atoms with E-state index in [4.69, 9.17) is 10.3 Å². The lowest BCUT2D eigenvalue weighted by atomic mass is 10.2. The smallest absolute Gasteiger partial charge is 0.301 e. The van der Waals surface area contributed by atoms with Gasteiger partial charge >= 0.3 is 5.91 Å². The molecular weight excluding hydrogens is 254 g/mol. The second-order valence-corrected chi connectivity index (χ2v) is 4.96. The molecule has 1 aromatic heterocycles. The minimum Gasteiger partial charge on any atom is -0.455 e. The van der Waals surface area contributed by atoms with Gasteiger partial charge in [0.15, 0.2) is 5.76 Å². The summed E-state index contributed by atoms with van der Waals surface area (Å²) in [5, 5.41) is 0. The molecule has 2 amide bonds. The third-order valence-electron chi connectivity index (χ3n) is 2.27. The van der Waals surface area contributed by atoms with Crippen molar-refractivity contribution in [2.75, 3.05) is 19.8 Å². The molecule has 0 aliphatic carbocycles. The molecular formula is C11H17N3O3S.